The average Bonchev–Trinajstić information content (AvgIpc) is 2.77. The maximum Gasteiger partial charge on any atom is 0.225 e. The van der Waals surface area contributed by atoms with Crippen LogP contribution in [0.1, 0.15) is 18.3 Å². The highest BCUT2D eigenvalue weighted by Crippen LogP contribution is 2.24. The number of rotatable bonds is 3. The van der Waals surface area contributed by atoms with Gasteiger partial charge in [-0.2, -0.15) is 0 Å². The van der Waals surface area contributed by atoms with Crippen LogP contribution >= 0.6 is 34.5 Å². The van der Waals surface area contributed by atoms with Crippen molar-refractivity contribution in [3.63, 3.8) is 0 Å². The molecule has 2 heterocycles. The number of hydrogen-bond acceptors (Lipinski definition) is 3. The second-order valence-corrected chi connectivity index (χ2v) is 4.90. The number of aromatic nitrogens is 3. The summed E-state index contributed by atoms with van der Waals surface area (Å²) in [6.07, 6.45) is 0.807. The molecule has 0 bridgehead atoms. The van der Waals surface area contributed by atoms with E-state index in [1.165, 1.54) is 11.3 Å². The van der Waals surface area contributed by atoms with E-state index in [0.29, 0.717) is 11.8 Å². The zero-order valence-electron chi connectivity index (χ0n) is 8.07. The van der Waals surface area contributed by atoms with Crippen molar-refractivity contribution in [2.75, 3.05) is 0 Å². The van der Waals surface area contributed by atoms with E-state index in [2.05, 4.69) is 10.2 Å². The van der Waals surface area contributed by atoms with E-state index in [1.807, 2.05) is 22.9 Å². The summed E-state index contributed by atoms with van der Waals surface area (Å²) < 4.78 is 2.66. The highest BCUT2D eigenvalue weighted by Gasteiger charge is 2.10. The van der Waals surface area contributed by atoms with Crippen LogP contribution in [0.25, 0.3) is 0 Å². The van der Waals surface area contributed by atoms with Gasteiger partial charge in [-0.1, -0.05) is 18.5 Å². The fourth-order valence-corrected chi connectivity index (χ4v) is 2.44. The molecule has 0 spiro atoms. The third-order valence-electron chi connectivity index (χ3n) is 2.12. The lowest BCUT2D eigenvalue weighted by molar-refractivity contribution is 0.735. The summed E-state index contributed by atoms with van der Waals surface area (Å²) in [6, 6.07) is 1.99. The first-order chi connectivity index (χ1) is 7.22. The first-order valence-corrected chi connectivity index (χ1v) is 6.15. The SMILES string of the molecule is CCc1nnc(Cl)n1Cc1ccsc1Cl. The third kappa shape index (κ3) is 2.17. The van der Waals surface area contributed by atoms with Gasteiger partial charge >= 0.3 is 0 Å². The summed E-state index contributed by atoms with van der Waals surface area (Å²) in [6.45, 7) is 2.66. The van der Waals surface area contributed by atoms with Crippen molar-refractivity contribution in [3.05, 3.63) is 32.5 Å². The van der Waals surface area contributed by atoms with Crippen LogP contribution in [0.3, 0.4) is 0 Å². The molecule has 0 aliphatic rings. The lowest BCUT2D eigenvalue weighted by Gasteiger charge is -2.05. The van der Waals surface area contributed by atoms with Crippen molar-refractivity contribution in [2.45, 2.75) is 19.9 Å². The van der Waals surface area contributed by atoms with Crippen molar-refractivity contribution in [2.24, 2.45) is 0 Å². The normalized spacial score (nSPS) is 10.9. The van der Waals surface area contributed by atoms with Crippen LogP contribution in [0.15, 0.2) is 11.4 Å². The Bertz CT molecular complexity index is 464. The molecule has 80 valence electrons. The van der Waals surface area contributed by atoms with Crippen LogP contribution in [0, 0.1) is 0 Å². The van der Waals surface area contributed by atoms with E-state index >= 15 is 0 Å². The summed E-state index contributed by atoms with van der Waals surface area (Å²) in [5, 5.41) is 10.2. The fraction of sp³-hybridized carbons (Fsp3) is 0.333. The molecule has 0 saturated heterocycles. The Kier molecular flexibility index (Phi) is 3.29. The van der Waals surface area contributed by atoms with Crippen LogP contribution < -0.4 is 0 Å². The van der Waals surface area contributed by atoms with Gasteiger partial charge in [0, 0.05) is 12.0 Å². The lowest BCUT2D eigenvalue weighted by atomic mass is 10.3. The van der Waals surface area contributed by atoms with Gasteiger partial charge in [0.15, 0.2) is 0 Å². The van der Waals surface area contributed by atoms with Gasteiger partial charge < -0.3 is 0 Å². The molecule has 2 aromatic rings. The summed E-state index contributed by atoms with van der Waals surface area (Å²) in [5.41, 5.74) is 1.05. The molecule has 2 aromatic heterocycles. The largest absolute Gasteiger partial charge is 0.297 e. The summed E-state index contributed by atoms with van der Waals surface area (Å²) in [7, 11) is 0. The summed E-state index contributed by atoms with van der Waals surface area (Å²) >= 11 is 13.5. The molecule has 0 radical (unpaired) electrons. The topological polar surface area (TPSA) is 30.7 Å². The van der Waals surface area contributed by atoms with Gasteiger partial charge in [-0.15, -0.1) is 21.5 Å². The number of hydrogen-bond donors (Lipinski definition) is 0. The predicted molar refractivity (Wildman–Crippen MR) is 62.8 cm³/mol. The quantitative estimate of drug-likeness (QED) is 0.850. The molecule has 0 amide bonds. The monoisotopic (exact) mass is 261 g/mol. The highest BCUT2D eigenvalue weighted by molar-refractivity contribution is 7.14. The van der Waals surface area contributed by atoms with Gasteiger partial charge in [-0.05, 0) is 23.0 Å². The molecule has 0 aliphatic heterocycles. The van der Waals surface area contributed by atoms with Gasteiger partial charge in [0.05, 0.1) is 10.9 Å². The summed E-state index contributed by atoms with van der Waals surface area (Å²) in [5.74, 6) is 0.877. The molecule has 3 nitrogen and oxygen atoms in total. The van der Waals surface area contributed by atoms with E-state index in [0.717, 1.165) is 22.1 Å². The van der Waals surface area contributed by atoms with Crippen molar-refractivity contribution in [3.8, 4) is 0 Å². The van der Waals surface area contributed by atoms with Crippen LogP contribution in [-0.2, 0) is 13.0 Å². The number of nitrogens with zero attached hydrogens (tertiary/aromatic N) is 3. The smallest absolute Gasteiger partial charge is 0.225 e. The fourth-order valence-electron chi connectivity index (χ4n) is 1.33. The van der Waals surface area contributed by atoms with Gasteiger partial charge in [-0.25, -0.2) is 0 Å². The summed E-state index contributed by atoms with van der Waals surface area (Å²) in [4.78, 5) is 0. The molecular formula is C9H9Cl2N3S. The predicted octanol–water partition coefficient (Wildman–Crippen LogP) is 3.26. The Morgan fingerprint density at radius 1 is 1.40 bits per heavy atom. The molecule has 0 aliphatic carbocycles. The van der Waals surface area contributed by atoms with E-state index in [1.54, 1.807) is 0 Å². The molecule has 0 N–H and O–H groups in total. The molecular weight excluding hydrogens is 253 g/mol. The second-order valence-electron chi connectivity index (χ2n) is 3.04. The van der Waals surface area contributed by atoms with Crippen LogP contribution in [-0.4, -0.2) is 14.8 Å². The van der Waals surface area contributed by atoms with E-state index in [-0.39, 0.29) is 0 Å². The Labute approximate surface area is 102 Å². The number of thiophene rings is 1. The van der Waals surface area contributed by atoms with Gasteiger partial charge in [0.25, 0.3) is 0 Å². The maximum absolute atomic E-state index is 6.03. The van der Waals surface area contributed by atoms with Crippen molar-refractivity contribution in [1.29, 1.82) is 0 Å². The van der Waals surface area contributed by atoms with Crippen LogP contribution in [0.4, 0.5) is 0 Å². The first kappa shape index (κ1) is 10.9. The van der Waals surface area contributed by atoms with E-state index in [4.69, 9.17) is 23.2 Å². The molecule has 6 heteroatoms. The van der Waals surface area contributed by atoms with Crippen LogP contribution in [0.5, 0.6) is 0 Å². The second kappa shape index (κ2) is 4.51. The van der Waals surface area contributed by atoms with Gasteiger partial charge in [0.2, 0.25) is 5.28 Å². The zero-order valence-corrected chi connectivity index (χ0v) is 10.4. The van der Waals surface area contributed by atoms with Crippen LogP contribution in [0.2, 0.25) is 9.62 Å². The minimum absolute atomic E-state index is 0.411. The first-order valence-electron chi connectivity index (χ1n) is 4.51. The van der Waals surface area contributed by atoms with Gasteiger partial charge in [-0.3, -0.25) is 4.57 Å². The zero-order chi connectivity index (χ0) is 10.8. The van der Waals surface area contributed by atoms with E-state index in [9.17, 15) is 0 Å². The Morgan fingerprint density at radius 2 is 2.20 bits per heavy atom. The third-order valence-corrected chi connectivity index (χ3v) is 3.65. The standard InChI is InChI=1S/C9H9Cl2N3S/c1-2-7-12-13-9(11)14(7)5-6-3-4-15-8(6)10/h3-4H,2,5H2,1H3. The molecule has 0 atom stereocenters. The molecule has 0 fully saturated rings. The Balaban J connectivity index is 2.31. The van der Waals surface area contributed by atoms with Gasteiger partial charge in [0.1, 0.15) is 5.82 Å². The molecule has 0 aromatic carbocycles. The lowest BCUT2D eigenvalue weighted by Crippen LogP contribution is -2.04. The molecule has 15 heavy (non-hydrogen) atoms. The maximum atomic E-state index is 6.03. The number of halogens is 2. The number of aryl methyl sites for hydroxylation is 1. The molecule has 2 rings (SSSR count). The minimum atomic E-state index is 0.411. The Morgan fingerprint density at radius 3 is 2.80 bits per heavy atom. The molecule has 0 saturated carbocycles. The average molecular weight is 262 g/mol. The minimum Gasteiger partial charge on any atom is -0.297 e. The molecule has 0 unspecified atom stereocenters. The van der Waals surface area contributed by atoms with Crippen molar-refractivity contribution in [1.82, 2.24) is 14.8 Å². The van der Waals surface area contributed by atoms with Crippen molar-refractivity contribution >= 4 is 34.5 Å². The van der Waals surface area contributed by atoms with E-state index < -0.39 is 0 Å². The van der Waals surface area contributed by atoms with Crippen molar-refractivity contribution < 1.29 is 0 Å². The Hall–Kier alpha value is -0.580. The highest BCUT2D eigenvalue weighted by atomic mass is 35.5.